The number of ether oxygens (including phenoxy) is 2. The summed E-state index contributed by atoms with van der Waals surface area (Å²) in [4.78, 5) is 34.3. The molecular weight excluding hydrogens is 360 g/mol. The third kappa shape index (κ3) is 4.50. The highest BCUT2D eigenvalue weighted by Crippen LogP contribution is 2.35. The van der Waals surface area contributed by atoms with Crippen LogP contribution < -0.4 is 0 Å². The number of hydrogen-bond donors (Lipinski definition) is 7. The second-order valence-corrected chi connectivity index (χ2v) is 4.98. The van der Waals surface area contributed by atoms with E-state index in [2.05, 4.69) is 9.47 Å². The number of hydrogen-bond acceptors (Lipinski definition) is 11. The number of benzene rings is 1. The maximum absolute atomic E-state index is 12.0. The lowest BCUT2D eigenvalue weighted by Gasteiger charge is -2.26. The van der Waals surface area contributed by atoms with Crippen LogP contribution in [0.4, 0.5) is 0 Å². The van der Waals surface area contributed by atoms with Crippen molar-refractivity contribution in [3.63, 3.8) is 0 Å². The quantitative estimate of drug-likeness (QED) is 0.197. The Morgan fingerprint density at radius 3 is 1.88 bits per heavy atom. The maximum Gasteiger partial charge on any atom is 0.350 e. The van der Waals surface area contributed by atoms with Gasteiger partial charge in [-0.2, -0.15) is 0 Å². The number of carboxylic acid groups (broad SMARTS) is 1. The fourth-order valence-corrected chi connectivity index (χ4v) is 1.79. The van der Waals surface area contributed by atoms with Crippen molar-refractivity contribution in [2.24, 2.45) is 0 Å². The monoisotopic (exact) mass is 376 g/mol. The van der Waals surface area contributed by atoms with Gasteiger partial charge in [0.1, 0.15) is 12.2 Å². The summed E-state index contributed by atoms with van der Waals surface area (Å²) in [6.07, 6.45) is -9.57. The Balaban J connectivity index is 3.10. The van der Waals surface area contributed by atoms with E-state index in [0.717, 1.165) is 7.11 Å². The van der Waals surface area contributed by atoms with Crippen LogP contribution in [0.2, 0.25) is 0 Å². The zero-order valence-electron chi connectivity index (χ0n) is 13.1. The minimum Gasteiger partial charge on any atom is -0.504 e. The molecule has 0 heterocycles. The van der Waals surface area contributed by atoms with Gasteiger partial charge < -0.3 is 45.2 Å². The molecule has 144 valence electrons. The first-order valence-electron chi connectivity index (χ1n) is 6.82. The van der Waals surface area contributed by atoms with Crippen LogP contribution in [0.3, 0.4) is 0 Å². The van der Waals surface area contributed by atoms with Gasteiger partial charge >= 0.3 is 17.9 Å². The smallest absolute Gasteiger partial charge is 0.350 e. The number of carbonyl (C=O) groups excluding carboxylic acids is 2. The number of aromatic hydroxyl groups is 3. The normalized spacial score (nSPS) is 15.4. The highest BCUT2D eigenvalue weighted by Gasteiger charge is 2.41. The molecular formula is C14H16O12. The molecule has 12 nitrogen and oxygen atoms in total. The van der Waals surface area contributed by atoms with Crippen molar-refractivity contribution < 1.29 is 59.6 Å². The van der Waals surface area contributed by atoms with Crippen molar-refractivity contribution in [3.05, 3.63) is 17.7 Å². The van der Waals surface area contributed by atoms with Crippen molar-refractivity contribution in [1.82, 2.24) is 0 Å². The molecule has 1 rings (SSSR count). The van der Waals surface area contributed by atoms with Gasteiger partial charge in [0.05, 0.1) is 12.7 Å². The first kappa shape index (κ1) is 21.0. The van der Waals surface area contributed by atoms with E-state index in [1.807, 2.05) is 0 Å². The molecule has 0 saturated heterocycles. The number of phenolic OH excluding ortho intramolecular Hbond substituents is 3. The molecule has 0 aliphatic carbocycles. The number of aliphatic hydroxyl groups is 3. The predicted octanol–water partition coefficient (Wildman–Crippen LogP) is -2.33. The minimum absolute atomic E-state index is 0.563. The van der Waals surface area contributed by atoms with Crippen LogP contribution in [-0.4, -0.2) is 85.2 Å². The highest BCUT2D eigenvalue weighted by atomic mass is 16.6. The number of aliphatic hydroxyl groups excluding tert-OH is 3. The molecule has 26 heavy (non-hydrogen) atoms. The van der Waals surface area contributed by atoms with Crippen LogP contribution in [0.15, 0.2) is 12.1 Å². The lowest BCUT2D eigenvalue weighted by molar-refractivity contribution is -0.174. The summed E-state index contributed by atoms with van der Waals surface area (Å²) in [6, 6.07) is 1.33. The van der Waals surface area contributed by atoms with Crippen LogP contribution >= 0.6 is 0 Å². The Hall–Kier alpha value is -3.09. The molecule has 1 aromatic carbocycles. The van der Waals surface area contributed by atoms with Gasteiger partial charge in [0.25, 0.3) is 0 Å². The molecule has 0 saturated carbocycles. The number of phenols is 3. The number of carbonyl (C=O) groups is 3. The Morgan fingerprint density at radius 2 is 1.46 bits per heavy atom. The highest BCUT2D eigenvalue weighted by molar-refractivity contribution is 5.93. The lowest BCUT2D eigenvalue weighted by Crippen LogP contribution is -2.51. The molecule has 0 bridgehead atoms. The molecule has 0 fully saturated rings. The Labute approximate surface area is 145 Å². The Kier molecular flexibility index (Phi) is 6.71. The van der Waals surface area contributed by atoms with Gasteiger partial charge in [-0.1, -0.05) is 0 Å². The standard InChI is InChI=1S/C14H16O12/c1-25-14(24)11(9(19)8(18)10(20)12(21)22)26-13(23)4-2-5(15)7(17)6(16)3-4/h2-3,8-11,15-20H,1H3,(H,21,22). The second-order valence-electron chi connectivity index (χ2n) is 4.98. The van der Waals surface area contributed by atoms with Crippen molar-refractivity contribution in [2.45, 2.75) is 24.4 Å². The topological polar surface area (TPSA) is 211 Å². The van der Waals surface area contributed by atoms with E-state index in [-0.39, 0.29) is 0 Å². The van der Waals surface area contributed by atoms with Crippen molar-refractivity contribution >= 4 is 17.9 Å². The summed E-state index contributed by atoms with van der Waals surface area (Å²) in [5, 5.41) is 65.2. The molecule has 0 radical (unpaired) electrons. The molecule has 0 aromatic heterocycles. The Morgan fingerprint density at radius 1 is 0.962 bits per heavy atom. The zero-order chi connectivity index (χ0) is 20.2. The zero-order valence-corrected chi connectivity index (χ0v) is 13.1. The molecule has 0 amide bonds. The van der Waals surface area contributed by atoms with E-state index < -0.39 is 65.1 Å². The fraction of sp³-hybridized carbons (Fsp3) is 0.357. The molecule has 12 heteroatoms. The molecule has 7 N–H and O–H groups in total. The molecule has 0 spiro atoms. The summed E-state index contributed by atoms with van der Waals surface area (Å²) >= 11 is 0. The first-order valence-corrected chi connectivity index (χ1v) is 6.82. The number of rotatable bonds is 7. The molecule has 0 aliphatic heterocycles. The number of aliphatic carboxylic acids is 1. The van der Waals surface area contributed by atoms with Gasteiger partial charge in [0.15, 0.2) is 23.4 Å². The molecule has 4 unspecified atom stereocenters. The molecule has 4 atom stereocenters. The van der Waals surface area contributed by atoms with E-state index in [4.69, 9.17) is 5.11 Å². The van der Waals surface area contributed by atoms with Gasteiger partial charge in [0.2, 0.25) is 6.10 Å². The van der Waals surface area contributed by atoms with Gasteiger partial charge in [-0.25, -0.2) is 14.4 Å². The van der Waals surface area contributed by atoms with Gasteiger partial charge in [-0.05, 0) is 12.1 Å². The van der Waals surface area contributed by atoms with Gasteiger partial charge in [0, 0.05) is 0 Å². The average Bonchev–Trinajstić information content (AvgIpc) is 2.60. The van der Waals surface area contributed by atoms with Crippen molar-refractivity contribution in [3.8, 4) is 17.2 Å². The van der Waals surface area contributed by atoms with Crippen LogP contribution in [0.25, 0.3) is 0 Å². The minimum atomic E-state index is -2.50. The van der Waals surface area contributed by atoms with Crippen molar-refractivity contribution in [1.29, 1.82) is 0 Å². The van der Waals surface area contributed by atoms with Crippen LogP contribution in [0.1, 0.15) is 10.4 Å². The first-order chi connectivity index (χ1) is 12.0. The van der Waals surface area contributed by atoms with Gasteiger partial charge in [-0.3, -0.25) is 0 Å². The van der Waals surface area contributed by atoms with E-state index >= 15 is 0 Å². The summed E-state index contributed by atoms with van der Waals surface area (Å²) in [5.74, 6) is -7.44. The van der Waals surface area contributed by atoms with Crippen LogP contribution in [0, 0.1) is 0 Å². The summed E-state index contributed by atoms with van der Waals surface area (Å²) in [5.41, 5.74) is -0.563. The third-order valence-corrected chi connectivity index (χ3v) is 3.21. The lowest BCUT2D eigenvalue weighted by atomic mass is 10.0. The van der Waals surface area contributed by atoms with E-state index in [0.29, 0.717) is 12.1 Å². The summed E-state index contributed by atoms with van der Waals surface area (Å²) < 4.78 is 8.89. The number of esters is 2. The van der Waals surface area contributed by atoms with E-state index in [9.17, 15) is 45.0 Å². The van der Waals surface area contributed by atoms with E-state index in [1.165, 1.54) is 0 Å². The largest absolute Gasteiger partial charge is 0.504 e. The third-order valence-electron chi connectivity index (χ3n) is 3.21. The maximum atomic E-state index is 12.0. The van der Waals surface area contributed by atoms with Gasteiger partial charge in [-0.15, -0.1) is 0 Å². The predicted molar refractivity (Wildman–Crippen MR) is 78.3 cm³/mol. The van der Waals surface area contributed by atoms with Crippen LogP contribution in [0.5, 0.6) is 17.2 Å². The molecule has 0 aliphatic rings. The average molecular weight is 376 g/mol. The SMILES string of the molecule is COC(=O)C(OC(=O)c1cc(O)c(O)c(O)c1)C(O)C(O)C(O)C(=O)O. The van der Waals surface area contributed by atoms with Crippen molar-refractivity contribution in [2.75, 3.05) is 7.11 Å². The number of methoxy groups -OCH3 is 1. The molecule has 1 aromatic rings. The summed E-state index contributed by atoms with van der Waals surface area (Å²) in [7, 11) is 0.841. The Bertz CT molecular complexity index is 676. The fourth-order valence-electron chi connectivity index (χ4n) is 1.79. The summed E-state index contributed by atoms with van der Waals surface area (Å²) in [6.45, 7) is 0. The number of carboxylic acids is 1. The van der Waals surface area contributed by atoms with E-state index in [1.54, 1.807) is 0 Å². The second kappa shape index (κ2) is 8.33. The van der Waals surface area contributed by atoms with Crippen LogP contribution in [-0.2, 0) is 19.1 Å².